The smallest absolute Gasteiger partial charge is 0.140 e. The highest BCUT2D eigenvalue weighted by Crippen LogP contribution is 2.41. The van der Waals surface area contributed by atoms with Crippen LogP contribution in [0, 0.1) is 17.1 Å². The highest BCUT2D eigenvalue weighted by molar-refractivity contribution is 5.51. The molecule has 1 unspecified atom stereocenters. The van der Waals surface area contributed by atoms with E-state index in [9.17, 15) is 14.8 Å². The maximum Gasteiger partial charge on any atom is 0.140 e. The molecule has 2 aromatic carbocycles. The van der Waals surface area contributed by atoms with Crippen LogP contribution in [-0.2, 0) is 6.42 Å². The van der Waals surface area contributed by atoms with Gasteiger partial charge in [-0.1, -0.05) is 6.92 Å². The number of halogens is 1. The summed E-state index contributed by atoms with van der Waals surface area (Å²) in [4.78, 5) is 0. The monoisotopic (exact) mass is 355 g/mol. The maximum atomic E-state index is 14.1. The fraction of sp³-hybridized carbons (Fsp3) is 0.381. The number of ether oxygens (including phenoxy) is 2. The average molecular weight is 355 g/mol. The van der Waals surface area contributed by atoms with Crippen molar-refractivity contribution in [2.75, 3.05) is 6.61 Å². The van der Waals surface area contributed by atoms with Crippen molar-refractivity contribution in [1.29, 1.82) is 5.26 Å². The molecule has 3 rings (SSSR count). The van der Waals surface area contributed by atoms with Crippen LogP contribution >= 0.6 is 0 Å². The van der Waals surface area contributed by atoms with E-state index >= 15 is 0 Å². The molecule has 1 aliphatic rings. The standard InChI is InChI=1S/C21H22FNO3/c1-13-4-7-16-18(9-8-17(22)20(13)16)26-15-6-5-14(11-23)19(10-15)25-12-21(2,3)24/h5-6,8-10,13,24H,4,7,12H2,1-3H3. The largest absolute Gasteiger partial charge is 0.489 e. The summed E-state index contributed by atoms with van der Waals surface area (Å²) in [7, 11) is 0. The molecule has 1 aliphatic carbocycles. The Morgan fingerprint density at radius 3 is 2.73 bits per heavy atom. The molecule has 0 fully saturated rings. The lowest BCUT2D eigenvalue weighted by Crippen LogP contribution is -2.28. The van der Waals surface area contributed by atoms with Gasteiger partial charge in [0.2, 0.25) is 0 Å². The first-order valence-electron chi connectivity index (χ1n) is 8.67. The van der Waals surface area contributed by atoms with E-state index in [1.165, 1.54) is 6.07 Å². The molecular weight excluding hydrogens is 333 g/mol. The quantitative estimate of drug-likeness (QED) is 0.845. The van der Waals surface area contributed by atoms with Gasteiger partial charge in [-0.25, -0.2) is 4.39 Å². The number of rotatable bonds is 5. The van der Waals surface area contributed by atoms with Crippen molar-refractivity contribution in [2.24, 2.45) is 0 Å². The molecule has 0 radical (unpaired) electrons. The molecule has 1 atom stereocenters. The maximum absolute atomic E-state index is 14.1. The number of hydrogen-bond donors (Lipinski definition) is 1. The van der Waals surface area contributed by atoms with Gasteiger partial charge < -0.3 is 14.6 Å². The van der Waals surface area contributed by atoms with Gasteiger partial charge >= 0.3 is 0 Å². The third-order valence-electron chi connectivity index (χ3n) is 4.46. The molecule has 0 spiro atoms. The minimum Gasteiger partial charge on any atom is -0.489 e. The van der Waals surface area contributed by atoms with Crippen LogP contribution in [-0.4, -0.2) is 17.3 Å². The number of benzene rings is 2. The summed E-state index contributed by atoms with van der Waals surface area (Å²) in [5, 5.41) is 19.1. The lowest BCUT2D eigenvalue weighted by Gasteiger charge is -2.19. The molecule has 5 heteroatoms. The number of hydrogen-bond acceptors (Lipinski definition) is 4. The van der Waals surface area contributed by atoms with Crippen LogP contribution in [0.4, 0.5) is 4.39 Å². The SMILES string of the molecule is CC1CCc2c(Oc3ccc(C#N)c(OCC(C)(C)O)c3)ccc(F)c21. The fourth-order valence-electron chi connectivity index (χ4n) is 3.17. The van der Waals surface area contributed by atoms with Crippen molar-refractivity contribution < 1.29 is 19.0 Å². The molecule has 0 bridgehead atoms. The first-order valence-corrected chi connectivity index (χ1v) is 8.67. The summed E-state index contributed by atoms with van der Waals surface area (Å²) in [6, 6.07) is 10.1. The molecule has 0 aromatic heterocycles. The third kappa shape index (κ3) is 3.81. The highest BCUT2D eigenvalue weighted by Gasteiger charge is 2.26. The molecule has 0 aliphatic heterocycles. The minimum absolute atomic E-state index is 0.0502. The third-order valence-corrected chi connectivity index (χ3v) is 4.46. The summed E-state index contributed by atoms with van der Waals surface area (Å²) in [5.41, 5.74) is 0.979. The van der Waals surface area contributed by atoms with Gasteiger partial charge in [-0.05, 0) is 62.4 Å². The molecule has 2 aromatic rings. The molecule has 0 saturated heterocycles. The fourth-order valence-corrected chi connectivity index (χ4v) is 3.17. The lowest BCUT2D eigenvalue weighted by atomic mass is 10.0. The first-order chi connectivity index (χ1) is 12.3. The predicted molar refractivity (Wildman–Crippen MR) is 96.2 cm³/mol. The van der Waals surface area contributed by atoms with Crippen molar-refractivity contribution in [3.8, 4) is 23.3 Å². The van der Waals surface area contributed by atoms with E-state index in [4.69, 9.17) is 9.47 Å². The lowest BCUT2D eigenvalue weighted by molar-refractivity contribution is 0.0283. The Kier molecular flexibility index (Phi) is 4.88. The normalized spacial score (nSPS) is 16.1. The van der Waals surface area contributed by atoms with E-state index in [0.717, 1.165) is 24.0 Å². The molecular formula is C21H22FNO3. The predicted octanol–water partition coefficient (Wildman–Crippen LogP) is 4.69. The van der Waals surface area contributed by atoms with Gasteiger partial charge in [-0.3, -0.25) is 0 Å². The van der Waals surface area contributed by atoms with Crippen molar-refractivity contribution >= 4 is 0 Å². The van der Waals surface area contributed by atoms with Crippen LogP contribution < -0.4 is 9.47 Å². The minimum atomic E-state index is -1.02. The van der Waals surface area contributed by atoms with E-state index in [0.29, 0.717) is 22.8 Å². The van der Waals surface area contributed by atoms with Crippen LogP contribution in [0.1, 0.15) is 49.8 Å². The van der Waals surface area contributed by atoms with Gasteiger partial charge in [0, 0.05) is 11.6 Å². The van der Waals surface area contributed by atoms with Crippen molar-refractivity contribution in [3.05, 3.63) is 52.8 Å². The topological polar surface area (TPSA) is 62.5 Å². The van der Waals surface area contributed by atoms with Crippen LogP contribution in [0.3, 0.4) is 0 Å². The van der Waals surface area contributed by atoms with E-state index in [-0.39, 0.29) is 18.3 Å². The van der Waals surface area contributed by atoms with E-state index in [1.807, 2.05) is 6.92 Å². The molecule has 1 N–H and O–H groups in total. The number of nitrogens with zero attached hydrogens (tertiary/aromatic N) is 1. The Balaban J connectivity index is 1.89. The number of aliphatic hydroxyl groups is 1. The Bertz CT molecular complexity index is 865. The van der Waals surface area contributed by atoms with E-state index in [2.05, 4.69) is 6.07 Å². The summed E-state index contributed by atoms with van der Waals surface area (Å²) in [6.45, 7) is 5.32. The summed E-state index contributed by atoms with van der Waals surface area (Å²) < 4.78 is 25.7. The van der Waals surface area contributed by atoms with E-state index < -0.39 is 5.60 Å². The van der Waals surface area contributed by atoms with Crippen LogP contribution in [0.5, 0.6) is 17.2 Å². The highest BCUT2D eigenvalue weighted by atomic mass is 19.1. The van der Waals surface area contributed by atoms with Gasteiger partial charge in [0.15, 0.2) is 0 Å². The number of fused-ring (bicyclic) bond motifs is 1. The van der Waals surface area contributed by atoms with Gasteiger partial charge in [-0.15, -0.1) is 0 Å². The Morgan fingerprint density at radius 2 is 2.04 bits per heavy atom. The Hall–Kier alpha value is -2.58. The zero-order valence-electron chi connectivity index (χ0n) is 15.2. The molecule has 136 valence electrons. The molecule has 0 amide bonds. The van der Waals surface area contributed by atoms with Gasteiger partial charge in [0.1, 0.15) is 35.7 Å². The van der Waals surface area contributed by atoms with Gasteiger partial charge in [-0.2, -0.15) is 5.26 Å². The molecule has 0 saturated carbocycles. The summed E-state index contributed by atoms with van der Waals surface area (Å²) >= 11 is 0. The van der Waals surface area contributed by atoms with Crippen LogP contribution in [0.15, 0.2) is 30.3 Å². The summed E-state index contributed by atoms with van der Waals surface area (Å²) in [5.74, 6) is 1.47. The van der Waals surface area contributed by atoms with Crippen LogP contribution in [0.2, 0.25) is 0 Å². The zero-order valence-corrected chi connectivity index (χ0v) is 15.2. The molecule has 26 heavy (non-hydrogen) atoms. The Labute approximate surface area is 152 Å². The Morgan fingerprint density at radius 1 is 1.27 bits per heavy atom. The van der Waals surface area contributed by atoms with E-state index in [1.54, 1.807) is 38.1 Å². The van der Waals surface area contributed by atoms with Crippen molar-refractivity contribution in [1.82, 2.24) is 0 Å². The van der Waals surface area contributed by atoms with Gasteiger partial charge in [0.25, 0.3) is 0 Å². The first kappa shape index (κ1) is 18.2. The second kappa shape index (κ2) is 6.97. The second-order valence-corrected chi connectivity index (χ2v) is 7.35. The van der Waals surface area contributed by atoms with Crippen molar-refractivity contribution in [2.45, 2.75) is 45.1 Å². The van der Waals surface area contributed by atoms with Crippen molar-refractivity contribution in [3.63, 3.8) is 0 Å². The average Bonchev–Trinajstić information content (AvgIpc) is 2.98. The summed E-state index contributed by atoms with van der Waals surface area (Å²) in [6.07, 6.45) is 1.68. The number of nitriles is 1. The molecule has 4 nitrogen and oxygen atoms in total. The molecule has 0 heterocycles. The second-order valence-electron chi connectivity index (χ2n) is 7.35. The zero-order chi connectivity index (χ0) is 18.9. The van der Waals surface area contributed by atoms with Gasteiger partial charge in [0.05, 0.1) is 11.2 Å². The van der Waals surface area contributed by atoms with Crippen LogP contribution in [0.25, 0.3) is 0 Å².